The molecule has 1 aliphatic rings. The summed E-state index contributed by atoms with van der Waals surface area (Å²) in [5, 5.41) is 2.54. The molecule has 0 aliphatic carbocycles. The van der Waals surface area contributed by atoms with Crippen molar-refractivity contribution < 1.29 is 18.7 Å². The zero-order chi connectivity index (χ0) is 17.6. The second kappa shape index (κ2) is 7.90. The minimum Gasteiger partial charge on any atom is -0.370 e. The van der Waals surface area contributed by atoms with Crippen molar-refractivity contribution in [2.45, 2.75) is 6.10 Å². The van der Waals surface area contributed by atoms with Gasteiger partial charge in [0, 0.05) is 12.1 Å². The lowest BCUT2D eigenvalue weighted by molar-refractivity contribution is -0.137. The van der Waals surface area contributed by atoms with Crippen LogP contribution < -0.4 is 5.32 Å². The maximum absolute atomic E-state index is 13.2. The number of carbonyl (C=O) groups excluding carboxylic acids is 2. The minimum atomic E-state index is -0.488. The fraction of sp³-hybridized carbons (Fsp3) is 0.263. The zero-order valence-electron chi connectivity index (χ0n) is 13.7. The standard InChI is InChI=1S/C19H19FN2O3/c20-16-8-4-7-15(11-16)19(24)21-12-18(23)22-9-10-25-17(13-22)14-5-2-1-3-6-14/h1-8,11,17H,9-10,12-13H2,(H,21,24). The summed E-state index contributed by atoms with van der Waals surface area (Å²) in [6.45, 7) is 1.25. The number of benzene rings is 2. The summed E-state index contributed by atoms with van der Waals surface area (Å²) in [6.07, 6.45) is -0.169. The van der Waals surface area contributed by atoms with Gasteiger partial charge >= 0.3 is 0 Å². The average Bonchev–Trinajstić information content (AvgIpc) is 2.66. The molecule has 6 heteroatoms. The molecule has 1 N–H and O–H groups in total. The van der Waals surface area contributed by atoms with Gasteiger partial charge in [-0.3, -0.25) is 9.59 Å². The Hall–Kier alpha value is -2.73. The molecule has 0 aromatic heterocycles. The molecule has 1 saturated heterocycles. The van der Waals surface area contributed by atoms with Crippen LogP contribution in [0.5, 0.6) is 0 Å². The molecule has 0 bridgehead atoms. The van der Waals surface area contributed by atoms with Crippen molar-refractivity contribution in [2.75, 3.05) is 26.2 Å². The normalized spacial score (nSPS) is 17.2. The van der Waals surface area contributed by atoms with E-state index in [0.29, 0.717) is 19.7 Å². The van der Waals surface area contributed by atoms with Crippen LogP contribution in [0.1, 0.15) is 22.0 Å². The van der Waals surface area contributed by atoms with Crippen molar-refractivity contribution in [1.82, 2.24) is 10.2 Å². The molecule has 25 heavy (non-hydrogen) atoms. The van der Waals surface area contributed by atoms with Gasteiger partial charge in [-0.25, -0.2) is 4.39 Å². The smallest absolute Gasteiger partial charge is 0.251 e. The van der Waals surface area contributed by atoms with Crippen molar-refractivity contribution in [2.24, 2.45) is 0 Å². The quantitative estimate of drug-likeness (QED) is 0.926. The summed E-state index contributed by atoms with van der Waals surface area (Å²) in [5.41, 5.74) is 1.21. The molecule has 1 aliphatic heterocycles. The highest BCUT2D eigenvalue weighted by Gasteiger charge is 2.25. The van der Waals surface area contributed by atoms with Crippen molar-refractivity contribution in [1.29, 1.82) is 0 Å². The Balaban J connectivity index is 1.55. The summed E-state index contributed by atoms with van der Waals surface area (Å²) in [6, 6.07) is 15.1. The molecule has 2 amide bonds. The van der Waals surface area contributed by atoms with Crippen LogP contribution in [-0.4, -0.2) is 43.0 Å². The van der Waals surface area contributed by atoms with E-state index in [1.165, 1.54) is 18.2 Å². The molecule has 130 valence electrons. The van der Waals surface area contributed by atoms with Crippen molar-refractivity contribution in [3.8, 4) is 0 Å². The van der Waals surface area contributed by atoms with Gasteiger partial charge < -0.3 is 15.0 Å². The van der Waals surface area contributed by atoms with Crippen LogP contribution in [0.2, 0.25) is 0 Å². The Labute approximate surface area is 145 Å². The highest BCUT2D eigenvalue weighted by Crippen LogP contribution is 2.21. The van der Waals surface area contributed by atoms with Gasteiger partial charge in [0.2, 0.25) is 5.91 Å². The number of hydrogen-bond donors (Lipinski definition) is 1. The summed E-state index contributed by atoms with van der Waals surface area (Å²) in [7, 11) is 0. The molecule has 0 spiro atoms. The van der Waals surface area contributed by atoms with Crippen LogP contribution in [0.4, 0.5) is 4.39 Å². The first-order valence-corrected chi connectivity index (χ1v) is 8.11. The van der Waals surface area contributed by atoms with Gasteiger partial charge in [0.05, 0.1) is 19.7 Å². The number of nitrogens with one attached hydrogen (secondary N) is 1. The molecular formula is C19H19FN2O3. The summed E-state index contributed by atoms with van der Waals surface area (Å²) >= 11 is 0. The number of ether oxygens (including phenoxy) is 1. The summed E-state index contributed by atoms with van der Waals surface area (Å²) in [4.78, 5) is 26.0. The second-order valence-electron chi connectivity index (χ2n) is 5.80. The van der Waals surface area contributed by atoms with E-state index in [-0.39, 0.29) is 24.1 Å². The molecule has 0 radical (unpaired) electrons. The topological polar surface area (TPSA) is 58.6 Å². The third-order valence-electron chi connectivity index (χ3n) is 4.08. The molecule has 2 aromatic rings. The average molecular weight is 342 g/mol. The van der Waals surface area contributed by atoms with Crippen molar-refractivity contribution in [3.63, 3.8) is 0 Å². The van der Waals surface area contributed by atoms with Gasteiger partial charge in [-0.1, -0.05) is 36.4 Å². The van der Waals surface area contributed by atoms with Crippen LogP contribution in [0.3, 0.4) is 0 Å². The molecule has 3 rings (SSSR count). The van der Waals surface area contributed by atoms with E-state index in [1.807, 2.05) is 30.3 Å². The molecule has 0 saturated carbocycles. The first-order chi connectivity index (χ1) is 12.1. The maximum Gasteiger partial charge on any atom is 0.251 e. The van der Waals surface area contributed by atoms with Gasteiger partial charge in [-0.15, -0.1) is 0 Å². The largest absolute Gasteiger partial charge is 0.370 e. The number of morpholine rings is 1. The highest BCUT2D eigenvalue weighted by molar-refractivity contribution is 5.96. The first-order valence-electron chi connectivity index (χ1n) is 8.11. The maximum atomic E-state index is 13.2. The van der Waals surface area contributed by atoms with E-state index >= 15 is 0 Å². The number of halogens is 1. The summed E-state index contributed by atoms with van der Waals surface area (Å²) in [5.74, 6) is -1.15. The molecule has 2 aromatic carbocycles. The number of carbonyl (C=O) groups is 2. The van der Waals surface area contributed by atoms with Gasteiger partial charge in [0.15, 0.2) is 0 Å². The predicted molar refractivity (Wildman–Crippen MR) is 90.4 cm³/mol. The molecule has 1 atom stereocenters. The molecule has 5 nitrogen and oxygen atoms in total. The molecule has 1 unspecified atom stereocenters. The second-order valence-corrected chi connectivity index (χ2v) is 5.80. The predicted octanol–water partition coefficient (Wildman–Crippen LogP) is 2.16. The number of rotatable bonds is 4. The van der Waals surface area contributed by atoms with Gasteiger partial charge in [-0.2, -0.15) is 0 Å². The van der Waals surface area contributed by atoms with E-state index in [0.717, 1.165) is 11.6 Å². The van der Waals surface area contributed by atoms with Gasteiger partial charge in [0.25, 0.3) is 5.91 Å². The van der Waals surface area contributed by atoms with Crippen LogP contribution >= 0.6 is 0 Å². The Bertz CT molecular complexity index is 751. The van der Waals surface area contributed by atoms with Crippen LogP contribution in [-0.2, 0) is 9.53 Å². The zero-order valence-corrected chi connectivity index (χ0v) is 13.7. The van der Waals surface area contributed by atoms with Gasteiger partial charge in [-0.05, 0) is 23.8 Å². The van der Waals surface area contributed by atoms with Gasteiger partial charge in [0.1, 0.15) is 11.9 Å². The van der Waals surface area contributed by atoms with Crippen LogP contribution in [0.15, 0.2) is 54.6 Å². The lowest BCUT2D eigenvalue weighted by Crippen LogP contribution is -2.46. The van der Waals surface area contributed by atoms with E-state index in [9.17, 15) is 14.0 Å². The lowest BCUT2D eigenvalue weighted by Gasteiger charge is -2.33. The Morgan fingerprint density at radius 2 is 1.96 bits per heavy atom. The third kappa shape index (κ3) is 4.42. The number of hydrogen-bond acceptors (Lipinski definition) is 3. The monoisotopic (exact) mass is 342 g/mol. The number of amides is 2. The SMILES string of the molecule is O=C(NCC(=O)N1CCOC(c2ccccc2)C1)c1cccc(F)c1. The first kappa shape index (κ1) is 17.1. The van der Waals surface area contributed by atoms with E-state index in [2.05, 4.69) is 5.32 Å². The Morgan fingerprint density at radius 1 is 1.16 bits per heavy atom. The fourth-order valence-electron chi connectivity index (χ4n) is 2.74. The highest BCUT2D eigenvalue weighted by atomic mass is 19.1. The number of nitrogens with zero attached hydrogens (tertiary/aromatic N) is 1. The van der Waals surface area contributed by atoms with Crippen LogP contribution in [0, 0.1) is 5.82 Å². The lowest BCUT2D eigenvalue weighted by atomic mass is 10.1. The minimum absolute atomic E-state index is 0.128. The van der Waals surface area contributed by atoms with E-state index < -0.39 is 11.7 Å². The molecule has 1 heterocycles. The van der Waals surface area contributed by atoms with Crippen molar-refractivity contribution >= 4 is 11.8 Å². The Morgan fingerprint density at radius 3 is 2.72 bits per heavy atom. The molecule has 1 fully saturated rings. The van der Waals surface area contributed by atoms with Crippen LogP contribution in [0.25, 0.3) is 0 Å². The van der Waals surface area contributed by atoms with E-state index in [1.54, 1.807) is 4.90 Å². The summed E-state index contributed by atoms with van der Waals surface area (Å²) < 4.78 is 18.9. The fourth-order valence-corrected chi connectivity index (χ4v) is 2.74. The van der Waals surface area contributed by atoms with E-state index in [4.69, 9.17) is 4.74 Å². The molecular weight excluding hydrogens is 323 g/mol. The van der Waals surface area contributed by atoms with Crippen molar-refractivity contribution in [3.05, 3.63) is 71.5 Å². The Kier molecular flexibility index (Phi) is 5.40. The third-order valence-corrected chi connectivity index (χ3v) is 4.08.